The first-order chi connectivity index (χ1) is 41.1. The summed E-state index contributed by atoms with van der Waals surface area (Å²) in [5.41, 5.74) is 32.0. The summed E-state index contributed by atoms with van der Waals surface area (Å²) in [7, 11) is 0. The largest absolute Gasteiger partial charge is 0.411 e. The third-order valence-electron chi connectivity index (χ3n) is 17.5. The Labute approximate surface area is 543 Å². The molecule has 6 nitrogen and oxygen atoms in total. The normalized spacial score (nSPS) is 17.0. The van der Waals surface area contributed by atoms with Gasteiger partial charge >= 0.3 is 0 Å². The molecule has 5 aliphatic carbocycles. The molecule has 480 valence electrons. The molecule has 0 aliphatic heterocycles. The number of aryl methyl sites for hydroxylation is 4. The number of fused-ring (bicyclic) bond motifs is 5. The van der Waals surface area contributed by atoms with Gasteiger partial charge in [0.1, 0.15) is 0 Å². The lowest BCUT2D eigenvalue weighted by Gasteiger charge is -2.27. The zero-order valence-electron chi connectivity index (χ0n) is 58.3. The number of nitrogens with zero attached hydrogens (tertiary/aromatic N) is 1. The van der Waals surface area contributed by atoms with Crippen molar-refractivity contribution in [3.63, 3.8) is 0 Å². The topological polar surface area (TPSA) is 110 Å². The Balaban J connectivity index is 0.000000176. The lowest BCUT2D eigenvalue weighted by molar-refractivity contribution is 0.0964. The van der Waals surface area contributed by atoms with E-state index in [0.717, 1.165) is 155 Å². The van der Waals surface area contributed by atoms with Crippen LogP contribution in [0.25, 0.3) is 0 Å². The SMILES string of the molecule is CC(C)(C)Cc1cc(Br)c2c(c1)C(=O)CCC2.CC(C)(C)Cc1ccc2c(c1)C(=O)CCC2.CCc1cc(CC(C)(C)C)cc2c1CCC/C2=N\O.CCc1cc(CC(C)(C)C)cc2c1CCCC2=O.CCc1cc(CC(C)(C)C)cc2c1CCCC2N. The number of rotatable bonds is 8. The molecular formula is C81H115BrN2O4. The number of oxime groups is 1. The number of carbonyl (C=O) groups is 3. The van der Waals surface area contributed by atoms with Gasteiger partial charge in [-0.1, -0.05) is 182 Å². The second-order valence-electron chi connectivity index (χ2n) is 32.5. The van der Waals surface area contributed by atoms with Crippen LogP contribution in [-0.4, -0.2) is 28.3 Å². The average Bonchev–Trinajstić information content (AvgIpc) is 2.92. The highest BCUT2D eigenvalue weighted by Crippen LogP contribution is 2.37. The molecule has 0 amide bonds. The van der Waals surface area contributed by atoms with Gasteiger partial charge in [-0.3, -0.25) is 14.4 Å². The van der Waals surface area contributed by atoms with Crippen LogP contribution in [-0.2, 0) is 83.5 Å². The first-order valence-corrected chi connectivity index (χ1v) is 34.8. The predicted octanol–water partition coefficient (Wildman–Crippen LogP) is 21.2. The molecule has 10 rings (SSSR count). The quantitative estimate of drug-likeness (QED) is 0.119. The van der Waals surface area contributed by atoms with Crippen LogP contribution in [0.2, 0.25) is 0 Å². The molecule has 0 heterocycles. The summed E-state index contributed by atoms with van der Waals surface area (Å²) in [6.07, 6.45) is 23.6. The van der Waals surface area contributed by atoms with Gasteiger partial charge in [-0.25, -0.2) is 0 Å². The summed E-state index contributed by atoms with van der Waals surface area (Å²) in [6, 6.07) is 24.9. The standard InChI is InChI=1S/C17H25NO.C17H27N.C17H24O.C15H19BrO.C15H20O/c1-5-13-9-12(11-17(2,3)4)10-15-14(13)7-6-8-16(15)18-19;2*1-5-13-9-12(11-17(2,3)4)10-15-14(13)7-6-8-16(15)18;1-15(2,3)9-10-7-12-11(13(16)8-10)5-4-6-14(12)17;1-15(2,3)10-11-7-8-12-5-4-6-14(16)13(12)9-11/h9-10,19H,5-8,11H2,1-4H3;9-10,16H,5-8,11,18H2,1-4H3;9-10H,5-8,11H2,1-4H3;7-8H,4-6,9H2,1-3H3;7-9H,4-6,10H2,1-3H3/b18-16+;;;;. The molecule has 5 aliphatic rings. The fourth-order valence-electron chi connectivity index (χ4n) is 14.0. The van der Waals surface area contributed by atoms with E-state index in [4.69, 9.17) is 5.73 Å². The number of hydrogen-bond donors (Lipinski definition) is 2. The Morgan fingerprint density at radius 3 is 1.26 bits per heavy atom. The van der Waals surface area contributed by atoms with Crippen LogP contribution >= 0.6 is 15.9 Å². The number of ketones is 3. The molecule has 0 bridgehead atoms. The fourth-order valence-corrected chi connectivity index (χ4v) is 14.7. The molecule has 3 N–H and O–H groups in total. The molecule has 0 radical (unpaired) electrons. The van der Waals surface area contributed by atoms with Crippen molar-refractivity contribution >= 4 is 39.0 Å². The second kappa shape index (κ2) is 30.9. The van der Waals surface area contributed by atoms with Crippen LogP contribution in [0.15, 0.2) is 76.4 Å². The number of benzene rings is 5. The minimum Gasteiger partial charge on any atom is -0.411 e. The van der Waals surface area contributed by atoms with Gasteiger partial charge in [0.2, 0.25) is 0 Å². The lowest BCUT2D eigenvalue weighted by atomic mass is 9.80. The molecule has 1 atom stereocenters. The Bertz CT molecular complexity index is 3270. The van der Waals surface area contributed by atoms with Crippen molar-refractivity contribution in [3.05, 3.63) is 171 Å². The maximum Gasteiger partial charge on any atom is 0.163 e. The number of nitrogens with two attached hydrogens (primary N) is 1. The Morgan fingerprint density at radius 1 is 0.420 bits per heavy atom. The van der Waals surface area contributed by atoms with Crippen molar-refractivity contribution < 1.29 is 19.6 Å². The second-order valence-corrected chi connectivity index (χ2v) is 33.3. The minimum atomic E-state index is 0.255. The fraction of sp³-hybridized carbons (Fsp3) is 0.580. The van der Waals surface area contributed by atoms with Crippen molar-refractivity contribution in [3.8, 4) is 0 Å². The maximum atomic E-state index is 12.1. The van der Waals surface area contributed by atoms with E-state index in [0.29, 0.717) is 29.2 Å². The Hall–Kier alpha value is -4.98. The van der Waals surface area contributed by atoms with Crippen LogP contribution in [0, 0.1) is 27.1 Å². The molecule has 7 heteroatoms. The third kappa shape index (κ3) is 21.6. The number of halogens is 1. The van der Waals surface area contributed by atoms with E-state index in [2.05, 4.69) is 212 Å². The van der Waals surface area contributed by atoms with E-state index in [1.807, 2.05) is 0 Å². The summed E-state index contributed by atoms with van der Waals surface area (Å²) >= 11 is 3.62. The smallest absolute Gasteiger partial charge is 0.163 e. The zero-order valence-corrected chi connectivity index (χ0v) is 59.9. The zero-order chi connectivity index (χ0) is 65.1. The Kier molecular flexibility index (Phi) is 25.3. The summed E-state index contributed by atoms with van der Waals surface area (Å²) in [5.74, 6) is 0.987. The van der Waals surface area contributed by atoms with E-state index < -0.39 is 0 Å². The van der Waals surface area contributed by atoms with Crippen molar-refractivity contribution in [2.24, 2.45) is 38.0 Å². The molecule has 5 aromatic carbocycles. The number of hydrogen-bond acceptors (Lipinski definition) is 6. The van der Waals surface area contributed by atoms with Gasteiger partial charge in [0, 0.05) is 52.0 Å². The molecule has 0 spiro atoms. The highest BCUT2D eigenvalue weighted by atomic mass is 79.9. The minimum absolute atomic E-state index is 0.255. The Morgan fingerprint density at radius 2 is 0.784 bits per heavy atom. The highest BCUT2D eigenvalue weighted by Gasteiger charge is 2.27. The molecule has 1 unspecified atom stereocenters. The van der Waals surface area contributed by atoms with Gasteiger partial charge in [-0.15, -0.1) is 0 Å². The van der Waals surface area contributed by atoms with E-state index in [1.54, 1.807) is 5.56 Å². The van der Waals surface area contributed by atoms with E-state index in [9.17, 15) is 19.6 Å². The van der Waals surface area contributed by atoms with Crippen molar-refractivity contribution in [2.45, 2.75) is 278 Å². The van der Waals surface area contributed by atoms with E-state index in [1.165, 1.54) is 90.7 Å². The van der Waals surface area contributed by atoms with Crippen LogP contribution < -0.4 is 5.73 Å². The summed E-state index contributed by atoms with van der Waals surface area (Å²) < 4.78 is 1.11. The first-order valence-electron chi connectivity index (χ1n) is 34.0. The average molecular weight is 1260 g/mol. The number of carbonyl (C=O) groups excluding carboxylic acids is 3. The van der Waals surface area contributed by atoms with Crippen molar-refractivity contribution in [1.82, 2.24) is 0 Å². The third-order valence-corrected chi connectivity index (χ3v) is 18.2. The van der Waals surface area contributed by atoms with Crippen LogP contribution in [0.1, 0.15) is 309 Å². The summed E-state index contributed by atoms with van der Waals surface area (Å²) in [4.78, 5) is 35.8. The van der Waals surface area contributed by atoms with Gasteiger partial charge in [-0.05, 0) is 264 Å². The summed E-state index contributed by atoms with van der Waals surface area (Å²) in [5, 5.41) is 12.7. The predicted molar refractivity (Wildman–Crippen MR) is 377 cm³/mol. The van der Waals surface area contributed by atoms with Crippen molar-refractivity contribution in [1.29, 1.82) is 0 Å². The van der Waals surface area contributed by atoms with Crippen LogP contribution in [0.5, 0.6) is 0 Å². The summed E-state index contributed by atoms with van der Waals surface area (Å²) in [6.45, 7) is 40.5. The molecule has 5 aromatic rings. The van der Waals surface area contributed by atoms with Gasteiger partial charge in [0.25, 0.3) is 0 Å². The van der Waals surface area contributed by atoms with Crippen molar-refractivity contribution in [2.75, 3.05) is 0 Å². The van der Waals surface area contributed by atoms with E-state index in [-0.39, 0.29) is 27.7 Å². The molecular weight excluding hydrogens is 1140 g/mol. The van der Waals surface area contributed by atoms with Crippen LogP contribution in [0.3, 0.4) is 0 Å². The van der Waals surface area contributed by atoms with Gasteiger partial charge in [0.15, 0.2) is 17.3 Å². The molecule has 88 heavy (non-hydrogen) atoms. The molecule has 0 saturated heterocycles. The van der Waals surface area contributed by atoms with E-state index >= 15 is 0 Å². The number of Topliss-reactive ketones (excluding diaryl/α,β-unsaturated/α-hetero) is 3. The molecule has 0 saturated carbocycles. The molecule has 0 aromatic heterocycles. The lowest BCUT2D eigenvalue weighted by Crippen LogP contribution is -2.20. The monoisotopic (exact) mass is 1260 g/mol. The van der Waals surface area contributed by atoms with Gasteiger partial charge < -0.3 is 10.9 Å². The first kappa shape index (κ1) is 72.1. The van der Waals surface area contributed by atoms with Gasteiger partial charge in [-0.2, -0.15) is 0 Å². The highest BCUT2D eigenvalue weighted by molar-refractivity contribution is 9.10. The molecule has 0 fully saturated rings. The maximum absolute atomic E-state index is 12.1. The van der Waals surface area contributed by atoms with Crippen LogP contribution in [0.4, 0.5) is 0 Å². The van der Waals surface area contributed by atoms with Gasteiger partial charge in [0.05, 0.1) is 5.71 Å².